The monoisotopic (exact) mass is 415 g/mol. The van der Waals surface area contributed by atoms with Crippen molar-refractivity contribution >= 4 is 28.8 Å². The molecule has 0 radical (unpaired) electrons. The molecule has 0 spiro atoms. The van der Waals surface area contributed by atoms with Gasteiger partial charge in [-0.3, -0.25) is 4.90 Å². The van der Waals surface area contributed by atoms with Crippen molar-refractivity contribution in [2.75, 3.05) is 62.6 Å². The zero-order valence-electron chi connectivity index (χ0n) is 16.3. The first-order chi connectivity index (χ1) is 14.2. The molecule has 2 aliphatic rings. The highest BCUT2D eigenvalue weighted by Gasteiger charge is 2.26. The highest BCUT2D eigenvalue weighted by molar-refractivity contribution is 7.80. The molecule has 0 aliphatic carbocycles. The molecule has 4 rings (SSSR count). The summed E-state index contributed by atoms with van der Waals surface area (Å²) in [6, 6.07) is 12.3. The Bertz CT molecular complexity index is 798. The van der Waals surface area contributed by atoms with Gasteiger partial charge in [0.1, 0.15) is 11.6 Å². The van der Waals surface area contributed by atoms with Crippen LogP contribution in [0.15, 0.2) is 48.7 Å². The summed E-state index contributed by atoms with van der Waals surface area (Å²) < 4.78 is 19.1. The van der Waals surface area contributed by atoms with Crippen molar-refractivity contribution in [1.29, 1.82) is 0 Å². The average Bonchev–Trinajstić information content (AvgIpc) is 2.77. The molecule has 1 atom stereocenters. The van der Waals surface area contributed by atoms with E-state index in [1.165, 1.54) is 12.1 Å². The largest absolute Gasteiger partial charge is 0.373 e. The maximum absolute atomic E-state index is 13.1. The third-order valence-corrected chi connectivity index (χ3v) is 5.69. The second-order valence-corrected chi connectivity index (χ2v) is 7.74. The van der Waals surface area contributed by atoms with Crippen LogP contribution in [0.5, 0.6) is 0 Å². The minimum Gasteiger partial charge on any atom is -0.373 e. The molecule has 6 nitrogen and oxygen atoms in total. The van der Waals surface area contributed by atoms with E-state index in [1.807, 2.05) is 18.3 Å². The highest BCUT2D eigenvalue weighted by atomic mass is 32.1. The van der Waals surface area contributed by atoms with E-state index in [0.717, 1.165) is 57.3 Å². The number of anilines is 2. The first-order valence-corrected chi connectivity index (χ1v) is 10.4. The molecule has 2 aliphatic heterocycles. The zero-order chi connectivity index (χ0) is 20.1. The van der Waals surface area contributed by atoms with Crippen LogP contribution in [0, 0.1) is 5.82 Å². The number of piperazine rings is 1. The van der Waals surface area contributed by atoms with Crippen LogP contribution in [0.3, 0.4) is 0 Å². The van der Waals surface area contributed by atoms with E-state index < -0.39 is 0 Å². The molecule has 1 aromatic heterocycles. The number of ether oxygens (including phenoxy) is 1. The van der Waals surface area contributed by atoms with Crippen molar-refractivity contribution < 1.29 is 9.13 Å². The predicted octanol–water partition coefficient (Wildman–Crippen LogP) is 2.44. The van der Waals surface area contributed by atoms with Crippen molar-refractivity contribution in [3.8, 4) is 0 Å². The van der Waals surface area contributed by atoms with Gasteiger partial charge in [-0.1, -0.05) is 6.07 Å². The Hall–Kier alpha value is -2.29. The lowest BCUT2D eigenvalue weighted by molar-refractivity contribution is -0.0236. The molecule has 3 heterocycles. The fourth-order valence-electron chi connectivity index (χ4n) is 3.74. The normalized spacial score (nSPS) is 20.5. The summed E-state index contributed by atoms with van der Waals surface area (Å²) in [5.41, 5.74) is 0.796. The molecule has 8 heteroatoms. The Morgan fingerprint density at radius 2 is 1.90 bits per heavy atom. The van der Waals surface area contributed by atoms with Crippen LogP contribution < -0.4 is 10.2 Å². The van der Waals surface area contributed by atoms with Gasteiger partial charge in [0, 0.05) is 57.7 Å². The Morgan fingerprint density at radius 1 is 1.10 bits per heavy atom. The number of morpholine rings is 1. The van der Waals surface area contributed by atoms with Crippen LogP contribution in [-0.4, -0.2) is 78.4 Å². The minimum absolute atomic E-state index is 0.123. The molecule has 29 heavy (non-hydrogen) atoms. The minimum atomic E-state index is -0.254. The number of benzene rings is 1. The van der Waals surface area contributed by atoms with Crippen LogP contribution >= 0.6 is 12.2 Å². The number of halogens is 1. The van der Waals surface area contributed by atoms with E-state index in [4.69, 9.17) is 17.0 Å². The van der Waals surface area contributed by atoms with E-state index in [1.54, 1.807) is 12.1 Å². The fraction of sp³-hybridized carbons (Fsp3) is 0.429. The van der Waals surface area contributed by atoms with Crippen molar-refractivity contribution in [1.82, 2.24) is 14.8 Å². The van der Waals surface area contributed by atoms with E-state index in [9.17, 15) is 4.39 Å². The van der Waals surface area contributed by atoms with Gasteiger partial charge in [0.25, 0.3) is 0 Å². The molecular formula is C21H26FN5OS. The topological polar surface area (TPSA) is 43.9 Å². The van der Waals surface area contributed by atoms with Gasteiger partial charge in [-0.25, -0.2) is 9.37 Å². The number of nitrogens with zero attached hydrogens (tertiary/aromatic N) is 4. The summed E-state index contributed by atoms with van der Waals surface area (Å²) in [6.45, 7) is 7.00. The molecular weight excluding hydrogens is 389 g/mol. The van der Waals surface area contributed by atoms with Crippen LogP contribution in [0.25, 0.3) is 0 Å². The fourth-order valence-corrected chi connectivity index (χ4v) is 4.02. The predicted molar refractivity (Wildman–Crippen MR) is 117 cm³/mol. The third-order valence-electron chi connectivity index (χ3n) is 5.33. The van der Waals surface area contributed by atoms with E-state index in [-0.39, 0.29) is 11.9 Å². The molecule has 1 aromatic carbocycles. The van der Waals surface area contributed by atoms with Gasteiger partial charge in [-0.15, -0.1) is 0 Å². The Labute approximate surface area is 176 Å². The van der Waals surface area contributed by atoms with Crippen LogP contribution in [0.2, 0.25) is 0 Å². The number of thiocarbonyl (C=S) groups is 1. The van der Waals surface area contributed by atoms with Gasteiger partial charge in [-0.2, -0.15) is 0 Å². The summed E-state index contributed by atoms with van der Waals surface area (Å²) >= 11 is 5.55. The second-order valence-electron chi connectivity index (χ2n) is 7.35. The third kappa shape index (κ3) is 5.41. The molecule has 0 bridgehead atoms. The van der Waals surface area contributed by atoms with E-state index >= 15 is 0 Å². The number of rotatable bonds is 4. The molecule has 2 saturated heterocycles. The molecule has 0 amide bonds. The quantitative estimate of drug-likeness (QED) is 0.770. The van der Waals surface area contributed by atoms with Crippen molar-refractivity contribution in [2.45, 2.75) is 6.10 Å². The lowest BCUT2D eigenvalue weighted by Gasteiger charge is -2.40. The van der Waals surface area contributed by atoms with Crippen LogP contribution in [0.4, 0.5) is 15.9 Å². The van der Waals surface area contributed by atoms with Gasteiger partial charge < -0.3 is 19.9 Å². The molecule has 1 unspecified atom stereocenters. The maximum Gasteiger partial charge on any atom is 0.173 e. The molecule has 2 fully saturated rings. The maximum atomic E-state index is 13.1. The second kappa shape index (κ2) is 9.47. The van der Waals surface area contributed by atoms with Crippen molar-refractivity contribution in [3.05, 3.63) is 54.5 Å². The van der Waals surface area contributed by atoms with Gasteiger partial charge in [-0.05, 0) is 48.6 Å². The number of hydrogen-bond donors (Lipinski definition) is 1. The number of aromatic nitrogens is 1. The first kappa shape index (κ1) is 20.0. The summed E-state index contributed by atoms with van der Waals surface area (Å²) in [7, 11) is 0. The summed E-state index contributed by atoms with van der Waals surface area (Å²) in [6.07, 6.45) is 1.97. The zero-order valence-corrected chi connectivity index (χ0v) is 17.2. The van der Waals surface area contributed by atoms with Gasteiger partial charge in [0.15, 0.2) is 5.11 Å². The smallest absolute Gasteiger partial charge is 0.173 e. The SMILES string of the molecule is Fc1ccc(NC(=S)N2CCOC(CN3CCN(c4ccccn4)CC3)C2)cc1. The van der Waals surface area contributed by atoms with Crippen molar-refractivity contribution in [2.24, 2.45) is 0 Å². The molecule has 154 valence electrons. The first-order valence-electron chi connectivity index (χ1n) is 9.99. The molecule has 0 saturated carbocycles. The Morgan fingerprint density at radius 3 is 2.62 bits per heavy atom. The van der Waals surface area contributed by atoms with Crippen LogP contribution in [0.1, 0.15) is 0 Å². The molecule has 2 aromatic rings. The van der Waals surface area contributed by atoms with Gasteiger partial charge in [0.05, 0.1) is 12.7 Å². The average molecular weight is 416 g/mol. The van der Waals surface area contributed by atoms with Crippen molar-refractivity contribution in [3.63, 3.8) is 0 Å². The summed E-state index contributed by atoms with van der Waals surface area (Å²) in [5, 5.41) is 3.85. The molecule has 1 N–H and O–H groups in total. The summed E-state index contributed by atoms with van der Waals surface area (Å²) in [5.74, 6) is 0.792. The lowest BCUT2D eigenvalue weighted by Crippen LogP contribution is -2.54. The lowest BCUT2D eigenvalue weighted by atomic mass is 10.2. The van der Waals surface area contributed by atoms with E-state index in [0.29, 0.717) is 11.7 Å². The number of nitrogens with one attached hydrogen (secondary N) is 1. The highest BCUT2D eigenvalue weighted by Crippen LogP contribution is 2.15. The Kier molecular flexibility index (Phi) is 6.53. The van der Waals surface area contributed by atoms with Gasteiger partial charge >= 0.3 is 0 Å². The standard InChI is InChI=1S/C21H26FN5OS/c22-17-4-6-18(7-5-17)24-21(29)27-13-14-28-19(16-27)15-25-9-11-26(12-10-25)20-3-1-2-8-23-20/h1-8,19H,9-16H2,(H,24,29). The summed E-state index contributed by atoms with van der Waals surface area (Å²) in [4.78, 5) is 11.4. The Balaban J connectivity index is 1.25. The van der Waals surface area contributed by atoms with Crippen LogP contribution in [-0.2, 0) is 4.74 Å². The van der Waals surface area contributed by atoms with E-state index in [2.05, 4.69) is 31.1 Å². The number of pyridine rings is 1. The van der Waals surface area contributed by atoms with Gasteiger partial charge in [0.2, 0.25) is 0 Å². The number of hydrogen-bond acceptors (Lipinski definition) is 5.